The highest BCUT2D eigenvalue weighted by molar-refractivity contribution is 7.98. The van der Waals surface area contributed by atoms with Crippen LogP contribution >= 0.6 is 35.0 Å². The average molecular weight is 219 g/mol. The second-order valence-electron chi connectivity index (χ2n) is 2.21. The molecule has 0 spiro atoms. The molecule has 0 N–H and O–H groups in total. The Morgan fingerprint density at radius 3 is 2.25 bits per heavy atom. The van der Waals surface area contributed by atoms with Gasteiger partial charge >= 0.3 is 0 Å². The molecule has 0 fully saturated rings. The van der Waals surface area contributed by atoms with Crippen molar-refractivity contribution in [3.8, 4) is 0 Å². The van der Waals surface area contributed by atoms with Crippen LogP contribution in [0, 0.1) is 0 Å². The minimum Gasteiger partial charge on any atom is -0.130 e. The second-order valence-corrected chi connectivity index (χ2v) is 4.09. The van der Waals surface area contributed by atoms with Crippen LogP contribution in [0.25, 0.3) is 6.08 Å². The highest BCUT2D eigenvalue weighted by Crippen LogP contribution is 2.18. The Bertz CT molecular complexity index is 273. The number of hydrogen-bond donors (Lipinski definition) is 0. The van der Waals surface area contributed by atoms with Gasteiger partial charge in [0.2, 0.25) is 0 Å². The fraction of sp³-hybridized carbons (Fsp3) is 0.111. The number of thioether (sulfide) groups is 1. The first-order valence-electron chi connectivity index (χ1n) is 3.39. The van der Waals surface area contributed by atoms with E-state index in [0.29, 0.717) is 0 Å². The van der Waals surface area contributed by atoms with E-state index in [0.717, 1.165) is 5.56 Å². The van der Waals surface area contributed by atoms with Crippen molar-refractivity contribution in [3.63, 3.8) is 0 Å². The normalized spacial score (nSPS) is 9.58. The van der Waals surface area contributed by atoms with Gasteiger partial charge in [0.15, 0.2) is 0 Å². The Hall–Kier alpha value is -0.110. The zero-order valence-corrected chi connectivity index (χ0v) is 8.88. The van der Waals surface area contributed by atoms with Gasteiger partial charge in [0, 0.05) is 4.90 Å². The van der Waals surface area contributed by atoms with Crippen LogP contribution in [-0.4, -0.2) is 6.26 Å². The molecule has 0 saturated carbocycles. The van der Waals surface area contributed by atoms with E-state index < -0.39 is 0 Å². The van der Waals surface area contributed by atoms with Crippen molar-refractivity contribution in [1.29, 1.82) is 0 Å². The van der Waals surface area contributed by atoms with Crippen molar-refractivity contribution in [2.24, 2.45) is 0 Å². The Kier molecular flexibility index (Phi) is 3.99. The summed E-state index contributed by atoms with van der Waals surface area (Å²) >= 11 is 12.7. The third kappa shape index (κ3) is 3.10. The third-order valence-electron chi connectivity index (χ3n) is 1.39. The summed E-state index contributed by atoms with van der Waals surface area (Å²) in [6.45, 7) is 0. The smallest absolute Gasteiger partial charge is 0.107 e. The van der Waals surface area contributed by atoms with Gasteiger partial charge in [-0.25, -0.2) is 0 Å². The highest BCUT2D eigenvalue weighted by atomic mass is 35.5. The van der Waals surface area contributed by atoms with Crippen LogP contribution in [0.5, 0.6) is 0 Å². The van der Waals surface area contributed by atoms with Gasteiger partial charge in [-0.2, -0.15) is 0 Å². The Balaban J connectivity index is 2.85. The molecule has 0 saturated heterocycles. The molecule has 0 radical (unpaired) electrons. The Morgan fingerprint density at radius 1 is 1.25 bits per heavy atom. The van der Waals surface area contributed by atoms with Gasteiger partial charge in [0.1, 0.15) is 4.49 Å². The summed E-state index contributed by atoms with van der Waals surface area (Å²) in [5.74, 6) is 0. The van der Waals surface area contributed by atoms with Crippen LogP contribution in [0.4, 0.5) is 0 Å². The molecular weight excluding hydrogens is 211 g/mol. The molecule has 0 aliphatic carbocycles. The van der Waals surface area contributed by atoms with Crippen molar-refractivity contribution in [3.05, 3.63) is 34.3 Å². The van der Waals surface area contributed by atoms with Gasteiger partial charge in [-0.15, -0.1) is 11.8 Å². The summed E-state index contributed by atoms with van der Waals surface area (Å²) in [6.07, 6.45) is 3.76. The Morgan fingerprint density at radius 2 is 1.83 bits per heavy atom. The van der Waals surface area contributed by atoms with Gasteiger partial charge in [-0.05, 0) is 30.0 Å². The van der Waals surface area contributed by atoms with E-state index in [1.165, 1.54) is 4.90 Å². The molecule has 0 amide bonds. The lowest BCUT2D eigenvalue weighted by Crippen LogP contribution is -1.72. The molecule has 1 rings (SSSR count). The lowest BCUT2D eigenvalue weighted by Gasteiger charge is -1.96. The van der Waals surface area contributed by atoms with E-state index >= 15 is 0 Å². The van der Waals surface area contributed by atoms with Gasteiger partial charge in [0.05, 0.1) is 0 Å². The highest BCUT2D eigenvalue weighted by Gasteiger charge is 1.90. The molecule has 0 aliphatic heterocycles. The fourth-order valence-corrected chi connectivity index (χ4v) is 1.49. The summed E-state index contributed by atoms with van der Waals surface area (Å²) in [5, 5.41) is 0. The van der Waals surface area contributed by atoms with E-state index in [-0.39, 0.29) is 4.49 Å². The first-order valence-corrected chi connectivity index (χ1v) is 5.37. The molecule has 0 atom stereocenters. The predicted molar refractivity (Wildman–Crippen MR) is 57.9 cm³/mol. The summed E-state index contributed by atoms with van der Waals surface area (Å²) in [5.41, 5.74) is 1.02. The lowest BCUT2D eigenvalue weighted by atomic mass is 10.2. The summed E-state index contributed by atoms with van der Waals surface area (Å²) in [6, 6.07) is 8.04. The van der Waals surface area contributed by atoms with Crippen LogP contribution in [-0.2, 0) is 0 Å². The molecule has 0 unspecified atom stereocenters. The van der Waals surface area contributed by atoms with Crippen LogP contribution in [0.3, 0.4) is 0 Å². The summed E-state index contributed by atoms with van der Waals surface area (Å²) in [7, 11) is 0. The quantitative estimate of drug-likeness (QED) is 0.672. The van der Waals surface area contributed by atoms with E-state index in [9.17, 15) is 0 Å². The van der Waals surface area contributed by atoms with Crippen molar-refractivity contribution >= 4 is 41.0 Å². The van der Waals surface area contributed by atoms with E-state index in [1.54, 1.807) is 17.8 Å². The molecule has 3 heteroatoms. The molecule has 0 nitrogen and oxygen atoms in total. The van der Waals surface area contributed by atoms with Gasteiger partial charge in [-0.1, -0.05) is 35.3 Å². The summed E-state index contributed by atoms with van der Waals surface area (Å²) < 4.78 is 0.284. The molecule has 0 aliphatic rings. The topological polar surface area (TPSA) is 0 Å². The van der Waals surface area contributed by atoms with Crippen LogP contribution in [0.2, 0.25) is 0 Å². The van der Waals surface area contributed by atoms with Crippen molar-refractivity contribution in [1.82, 2.24) is 0 Å². The molecular formula is C9H8Cl2S. The van der Waals surface area contributed by atoms with Crippen molar-refractivity contribution in [2.45, 2.75) is 4.90 Å². The number of hydrogen-bond acceptors (Lipinski definition) is 1. The van der Waals surface area contributed by atoms with Crippen molar-refractivity contribution < 1.29 is 0 Å². The van der Waals surface area contributed by atoms with E-state index in [1.807, 2.05) is 30.5 Å². The second kappa shape index (κ2) is 4.80. The van der Waals surface area contributed by atoms with Crippen molar-refractivity contribution in [2.75, 3.05) is 6.26 Å². The van der Waals surface area contributed by atoms with E-state index in [2.05, 4.69) is 0 Å². The van der Waals surface area contributed by atoms with Gasteiger partial charge in [0.25, 0.3) is 0 Å². The lowest BCUT2D eigenvalue weighted by molar-refractivity contribution is 1.45. The zero-order chi connectivity index (χ0) is 8.97. The maximum absolute atomic E-state index is 5.51. The standard InChI is InChI=1S/C9H8Cl2S/c1-12-8-4-2-7(3-5-8)6-9(10)11/h2-6H,1H3. The molecule has 0 heterocycles. The SMILES string of the molecule is CSc1ccc(C=C(Cl)Cl)cc1. The van der Waals surface area contributed by atoms with E-state index in [4.69, 9.17) is 23.2 Å². The molecule has 12 heavy (non-hydrogen) atoms. The fourth-order valence-electron chi connectivity index (χ4n) is 0.826. The average Bonchev–Trinajstić information content (AvgIpc) is 2.05. The largest absolute Gasteiger partial charge is 0.130 e. The minimum atomic E-state index is 0.284. The summed E-state index contributed by atoms with van der Waals surface area (Å²) in [4.78, 5) is 1.23. The monoisotopic (exact) mass is 218 g/mol. The van der Waals surface area contributed by atoms with Crippen LogP contribution in [0.1, 0.15) is 5.56 Å². The molecule has 64 valence electrons. The molecule has 1 aromatic rings. The van der Waals surface area contributed by atoms with Crippen LogP contribution < -0.4 is 0 Å². The first-order chi connectivity index (χ1) is 5.72. The maximum atomic E-state index is 5.51. The molecule has 1 aromatic carbocycles. The number of benzene rings is 1. The third-order valence-corrected chi connectivity index (χ3v) is 2.35. The Labute approximate surface area is 86.6 Å². The minimum absolute atomic E-state index is 0.284. The number of rotatable bonds is 2. The molecule has 0 bridgehead atoms. The van der Waals surface area contributed by atoms with Gasteiger partial charge < -0.3 is 0 Å². The number of halogens is 2. The van der Waals surface area contributed by atoms with Crippen LogP contribution in [0.15, 0.2) is 33.7 Å². The first kappa shape index (κ1) is 9.97. The molecule has 0 aromatic heterocycles. The predicted octanol–water partition coefficient (Wildman–Crippen LogP) is 4.18. The zero-order valence-electron chi connectivity index (χ0n) is 6.55. The maximum Gasteiger partial charge on any atom is 0.107 e. The van der Waals surface area contributed by atoms with Gasteiger partial charge in [-0.3, -0.25) is 0 Å².